The molecule has 4 aromatic rings. The van der Waals surface area contributed by atoms with Gasteiger partial charge in [0.15, 0.2) is 0 Å². The summed E-state index contributed by atoms with van der Waals surface area (Å²) in [5.41, 5.74) is 13.9. The van der Waals surface area contributed by atoms with E-state index in [4.69, 9.17) is 0 Å². The minimum atomic E-state index is 0.409. The van der Waals surface area contributed by atoms with Crippen LogP contribution in [0.15, 0.2) is 97.6 Å². The fraction of sp³-hybridized carbons (Fsp3) is 0.381. The summed E-state index contributed by atoms with van der Waals surface area (Å²) in [5.74, 6) is 1.73. The first-order valence-electron chi connectivity index (χ1n) is 17.6. The molecule has 3 heterocycles. The van der Waals surface area contributed by atoms with Crippen LogP contribution < -0.4 is 15.1 Å². The van der Waals surface area contributed by atoms with Gasteiger partial charge in [-0.3, -0.25) is 4.90 Å². The van der Waals surface area contributed by atoms with E-state index in [9.17, 15) is 0 Å². The first kappa shape index (κ1) is 29.4. The zero-order valence-electron chi connectivity index (χ0n) is 27.4. The first-order chi connectivity index (χ1) is 22.6. The predicted molar refractivity (Wildman–Crippen MR) is 193 cm³/mol. The fourth-order valence-electron chi connectivity index (χ4n) is 8.75. The van der Waals surface area contributed by atoms with Crippen molar-refractivity contribution < 1.29 is 0 Å². The number of anilines is 2. The van der Waals surface area contributed by atoms with Gasteiger partial charge in [-0.15, -0.1) is 0 Å². The summed E-state index contributed by atoms with van der Waals surface area (Å²) in [7, 11) is 0. The van der Waals surface area contributed by atoms with E-state index in [0.29, 0.717) is 11.8 Å². The lowest BCUT2D eigenvalue weighted by atomic mass is 9.69. The molecule has 4 nitrogen and oxygen atoms in total. The zero-order chi connectivity index (χ0) is 31.0. The van der Waals surface area contributed by atoms with Crippen LogP contribution >= 0.6 is 0 Å². The fourth-order valence-corrected chi connectivity index (χ4v) is 8.75. The highest BCUT2D eigenvalue weighted by molar-refractivity contribution is 5.71. The van der Waals surface area contributed by atoms with Crippen molar-refractivity contribution in [2.45, 2.75) is 51.0 Å². The molecule has 46 heavy (non-hydrogen) atoms. The Kier molecular flexibility index (Phi) is 8.08. The number of piperazine rings is 1. The Bertz CT molecular complexity index is 1680. The molecular weight excluding hydrogens is 560 g/mol. The van der Waals surface area contributed by atoms with Gasteiger partial charge in [0, 0.05) is 80.9 Å². The molecule has 2 atom stereocenters. The highest BCUT2D eigenvalue weighted by Gasteiger charge is 2.32. The summed E-state index contributed by atoms with van der Waals surface area (Å²) in [6, 6.07) is 34.9. The summed E-state index contributed by atoms with van der Waals surface area (Å²) in [5, 5.41) is 3.38. The number of nitrogens with one attached hydrogen (secondary N) is 1. The van der Waals surface area contributed by atoms with Crippen LogP contribution in [-0.4, -0.2) is 50.7 Å². The van der Waals surface area contributed by atoms with Crippen molar-refractivity contribution in [3.63, 3.8) is 0 Å². The number of aryl methyl sites for hydroxylation is 2. The summed E-state index contributed by atoms with van der Waals surface area (Å²) in [6.07, 6.45) is 4.95. The molecule has 2 unspecified atom stereocenters. The Morgan fingerprint density at radius 1 is 0.696 bits per heavy atom. The lowest BCUT2D eigenvalue weighted by molar-refractivity contribution is 0.201. The smallest absolute Gasteiger partial charge is 0.0408 e. The van der Waals surface area contributed by atoms with Gasteiger partial charge in [-0.05, 0) is 96.5 Å². The minimum Gasteiger partial charge on any atom is -0.381 e. The summed E-state index contributed by atoms with van der Waals surface area (Å²) < 4.78 is 0. The lowest BCUT2D eigenvalue weighted by Crippen LogP contribution is -2.49. The van der Waals surface area contributed by atoms with Crippen molar-refractivity contribution in [1.29, 1.82) is 0 Å². The molecule has 2 fully saturated rings. The van der Waals surface area contributed by atoms with E-state index in [-0.39, 0.29) is 0 Å². The third-order valence-electron chi connectivity index (χ3n) is 11.4. The summed E-state index contributed by atoms with van der Waals surface area (Å²) in [6.45, 7) is 15.4. The third kappa shape index (κ3) is 5.84. The standard InChI is InChI=1S/C42H48N4/c1-30-8-15-41-35(26-30)11-16-40(33-6-4-3-5-7-33)42(41)34-9-12-37(13-10-34)45-20-18-32(19-21-45)29-44-22-24-46(25-23-44)38-14-17-39-31(2)43-28-36(39)27-38/h3-10,12-15,17,26-27,32,40,42-43H,2,11,16,18-25,28-29H2,1H3. The highest BCUT2D eigenvalue weighted by atomic mass is 15.3. The largest absolute Gasteiger partial charge is 0.381 e. The molecule has 4 heteroatoms. The van der Waals surface area contributed by atoms with Crippen molar-refractivity contribution in [3.8, 4) is 0 Å². The molecule has 1 N–H and O–H groups in total. The van der Waals surface area contributed by atoms with E-state index in [0.717, 1.165) is 57.4 Å². The zero-order valence-corrected chi connectivity index (χ0v) is 27.4. The Labute approximate surface area is 275 Å². The van der Waals surface area contributed by atoms with Gasteiger partial charge in [0.25, 0.3) is 0 Å². The van der Waals surface area contributed by atoms with Crippen LogP contribution in [0.4, 0.5) is 11.4 Å². The average molecular weight is 609 g/mol. The van der Waals surface area contributed by atoms with Gasteiger partial charge in [-0.1, -0.05) is 78.9 Å². The van der Waals surface area contributed by atoms with Crippen LogP contribution in [0.2, 0.25) is 0 Å². The van der Waals surface area contributed by atoms with Crippen LogP contribution in [0.3, 0.4) is 0 Å². The molecule has 4 aliphatic rings. The van der Waals surface area contributed by atoms with Crippen LogP contribution in [0.1, 0.15) is 70.0 Å². The van der Waals surface area contributed by atoms with Gasteiger partial charge in [0.2, 0.25) is 0 Å². The molecule has 4 aromatic carbocycles. The Hall–Kier alpha value is -4.02. The van der Waals surface area contributed by atoms with Gasteiger partial charge in [0.1, 0.15) is 0 Å². The molecule has 1 aliphatic carbocycles. The van der Waals surface area contributed by atoms with Gasteiger partial charge in [0.05, 0.1) is 0 Å². The first-order valence-corrected chi connectivity index (χ1v) is 17.6. The number of benzene rings is 4. The van der Waals surface area contributed by atoms with Crippen LogP contribution in [-0.2, 0) is 13.0 Å². The van der Waals surface area contributed by atoms with Crippen LogP contribution in [0, 0.1) is 12.8 Å². The number of hydrogen-bond acceptors (Lipinski definition) is 4. The number of hydrogen-bond donors (Lipinski definition) is 1. The van der Waals surface area contributed by atoms with E-state index >= 15 is 0 Å². The lowest BCUT2D eigenvalue weighted by Gasteiger charge is -2.40. The van der Waals surface area contributed by atoms with E-state index in [1.165, 1.54) is 82.5 Å². The molecule has 0 bridgehead atoms. The molecular formula is C42H48N4. The predicted octanol–water partition coefficient (Wildman–Crippen LogP) is 7.97. The van der Waals surface area contributed by atoms with Crippen LogP contribution in [0.25, 0.3) is 5.70 Å². The summed E-state index contributed by atoms with van der Waals surface area (Å²) in [4.78, 5) is 7.91. The second-order valence-electron chi connectivity index (χ2n) is 14.2. The number of nitrogens with zero attached hydrogens (tertiary/aromatic N) is 3. The van der Waals surface area contributed by atoms with E-state index in [2.05, 4.69) is 125 Å². The second-order valence-corrected chi connectivity index (χ2v) is 14.2. The van der Waals surface area contributed by atoms with E-state index in [1.807, 2.05) is 0 Å². The van der Waals surface area contributed by atoms with Crippen molar-refractivity contribution >= 4 is 17.1 Å². The van der Waals surface area contributed by atoms with Crippen molar-refractivity contribution in [1.82, 2.24) is 10.2 Å². The molecule has 0 radical (unpaired) electrons. The van der Waals surface area contributed by atoms with Gasteiger partial charge in [-0.2, -0.15) is 0 Å². The maximum absolute atomic E-state index is 4.13. The van der Waals surface area contributed by atoms with E-state index < -0.39 is 0 Å². The Morgan fingerprint density at radius 3 is 2.22 bits per heavy atom. The van der Waals surface area contributed by atoms with Crippen molar-refractivity contribution in [2.75, 3.05) is 55.6 Å². The maximum atomic E-state index is 4.13. The highest BCUT2D eigenvalue weighted by Crippen LogP contribution is 2.46. The molecule has 0 saturated carbocycles. The summed E-state index contributed by atoms with van der Waals surface area (Å²) >= 11 is 0. The Morgan fingerprint density at radius 2 is 1.43 bits per heavy atom. The molecule has 0 aromatic heterocycles. The van der Waals surface area contributed by atoms with Gasteiger partial charge >= 0.3 is 0 Å². The quantitative estimate of drug-likeness (QED) is 0.240. The molecule has 3 aliphatic heterocycles. The molecule has 2 saturated heterocycles. The SMILES string of the molecule is C=C1NCc2cc(N3CCN(CC4CCN(c5ccc(C6c7ccc(C)cc7CCC6c6ccccc6)cc5)CC4)CC3)ccc21. The van der Waals surface area contributed by atoms with Crippen LogP contribution in [0.5, 0.6) is 0 Å². The van der Waals surface area contributed by atoms with Crippen molar-refractivity contribution in [3.05, 3.63) is 137 Å². The maximum Gasteiger partial charge on any atom is 0.0408 e. The molecule has 0 spiro atoms. The van der Waals surface area contributed by atoms with Crippen molar-refractivity contribution in [2.24, 2.45) is 5.92 Å². The second kappa shape index (κ2) is 12.6. The topological polar surface area (TPSA) is 21.8 Å². The van der Waals surface area contributed by atoms with Gasteiger partial charge in [-0.25, -0.2) is 0 Å². The number of fused-ring (bicyclic) bond motifs is 2. The average Bonchev–Trinajstić information content (AvgIpc) is 3.48. The monoisotopic (exact) mass is 608 g/mol. The normalized spacial score (nSPS) is 22.0. The minimum absolute atomic E-state index is 0.409. The number of rotatable bonds is 6. The van der Waals surface area contributed by atoms with E-state index in [1.54, 1.807) is 0 Å². The third-order valence-corrected chi connectivity index (χ3v) is 11.4. The number of piperidine rings is 1. The van der Waals surface area contributed by atoms with Gasteiger partial charge < -0.3 is 15.1 Å². The molecule has 0 amide bonds. The molecule has 236 valence electrons. The Balaban J connectivity index is 0.877. The molecule has 8 rings (SSSR count).